The Kier molecular flexibility index (Phi) is 4.60. The van der Waals surface area contributed by atoms with Crippen molar-refractivity contribution >= 4 is 22.4 Å². The molecule has 4 rings (SSSR count). The molecule has 0 saturated heterocycles. The molecular weight excluding hydrogens is 385 g/mol. The Morgan fingerprint density at radius 3 is 2.59 bits per heavy atom. The largest absolute Gasteiger partial charge is 0.504 e. The Balaban J connectivity index is 1.71. The highest BCUT2D eigenvalue weighted by Crippen LogP contribution is 2.41. The molecule has 0 aliphatic heterocycles. The predicted octanol–water partition coefficient (Wildman–Crippen LogP) is 4.43. The van der Waals surface area contributed by atoms with Gasteiger partial charge in [0, 0.05) is 29.6 Å². The van der Waals surface area contributed by atoms with Crippen LogP contribution in [-0.2, 0) is 12.7 Å². The molecule has 1 fully saturated rings. The molecule has 29 heavy (non-hydrogen) atoms. The van der Waals surface area contributed by atoms with Crippen LogP contribution in [0.1, 0.15) is 35.7 Å². The molecule has 152 valence electrons. The highest BCUT2D eigenvalue weighted by atomic mass is 19.4. The Morgan fingerprint density at radius 2 is 1.93 bits per heavy atom. The van der Waals surface area contributed by atoms with E-state index in [1.165, 1.54) is 19.2 Å². The van der Waals surface area contributed by atoms with Gasteiger partial charge in [-0.05, 0) is 42.7 Å². The monoisotopic (exact) mass is 404 g/mol. The van der Waals surface area contributed by atoms with Gasteiger partial charge in [-0.2, -0.15) is 13.2 Å². The van der Waals surface area contributed by atoms with Crippen molar-refractivity contribution in [2.24, 2.45) is 0 Å². The number of benzene rings is 2. The van der Waals surface area contributed by atoms with Crippen LogP contribution in [0.2, 0.25) is 0 Å². The third-order valence-corrected chi connectivity index (χ3v) is 4.76. The molecule has 1 aliphatic rings. The summed E-state index contributed by atoms with van der Waals surface area (Å²) in [6.45, 7) is 0.0908. The van der Waals surface area contributed by atoms with Crippen molar-refractivity contribution in [3.8, 4) is 11.5 Å². The number of hydrogen-bond donors (Lipinski definition) is 3. The number of nitrogens with one attached hydrogen (secondary N) is 1. The second kappa shape index (κ2) is 6.98. The lowest BCUT2D eigenvalue weighted by molar-refractivity contribution is -0.137. The molecular formula is C20H19F3N4O2. The van der Waals surface area contributed by atoms with Crippen LogP contribution in [0.3, 0.4) is 0 Å². The molecule has 1 aromatic heterocycles. The topological polar surface area (TPSA) is 93.3 Å². The number of aromatic hydroxyl groups is 1. The minimum absolute atomic E-state index is 0.0365. The van der Waals surface area contributed by atoms with E-state index in [2.05, 4.69) is 15.3 Å². The van der Waals surface area contributed by atoms with E-state index >= 15 is 0 Å². The Bertz CT molecular complexity index is 1080. The van der Waals surface area contributed by atoms with Crippen molar-refractivity contribution in [1.82, 2.24) is 9.97 Å². The number of hydrogen-bond acceptors (Lipinski definition) is 6. The first-order valence-electron chi connectivity index (χ1n) is 9.04. The van der Waals surface area contributed by atoms with Gasteiger partial charge < -0.3 is 20.9 Å². The maximum absolute atomic E-state index is 13.1. The van der Waals surface area contributed by atoms with E-state index in [1.807, 2.05) is 0 Å². The molecule has 0 spiro atoms. The molecule has 6 nitrogen and oxygen atoms in total. The molecule has 4 N–H and O–H groups in total. The normalized spacial score (nSPS) is 14.2. The molecule has 0 amide bonds. The Labute approximate surface area is 164 Å². The number of nitrogens with two attached hydrogens (primary N) is 1. The van der Waals surface area contributed by atoms with Gasteiger partial charge in [0.15, 0.2) is 11.5 Å². The lowest BCUT2D eigenvalue weighted by Gasteiger charge is -2.14. The van der Waals surface area contributed by atoms with Gasteiger partial charge in [-0.3, -0.25) is 0 Å². The lowest BCUT2D eigenvalue weighted by atomic mass is 10.1. The number of rotatable bonds is 5. The number of nitrogens with zero attached hydrogens (tertiary/aromatic N) is 2. The van der Waals surface area contributed by atoms with Gasteiger partial charge in [0.25, 0.3) is 0 Å². The minimum atomic E-state index is -4.48. The summed E-state index contributed by atoms with van der Waals surface area (Å²) in [6, 6.07) is 6.54. The van der Waals surface area contributed by atoms with Crippen LogP contribution >= 0.6 is 0 Å². The van der Waals surface area contributed by atoms with Gasteiger partial charge in [-0.25, -0.2) is 9.97 Å². The molecule has 0 bridgehead atoms. The summed E-state index contributed by atoms with van der Waals surface area (Å²) >= 11 is 0. The maximum atomic E-state index is 13.1. The molecule has 0 radical (unpaired) electrons. The van der Waals surface area contributed by atoms with E-state index < -0.39 is 11.7 Å². The average Bonchev–Trinajstić information content (AvgIpc) is 3.49. The number of fused-ring (bicyclic) bond motifs is 1. The zero-order valence-electron chi connectivity index (χ0n) is 15.5. The number of halogens is 3. The van der Waals surface area contributed by atoms with Crippen molar-refractivity contribution in [3.05, 3.63) is 47.3 Å². The van der Waals surface area contributed by atoms with Crippen LogP contribution in [0.4, 0.5) is 24.7 Å². The van der Waals surface area contributed by atoms with Crippen LogP contribution in [0.15, 0.2) is 30.3 Å². The third-order valence-electron chi connectivity index (χ3n) is 4.76. The number of nitrogen functional groups attached to an aromatic ring is 1. The summed E-state index contributed by atoms with van der Waals surface area (Å²) in [5, 5.41) is 13.8. The van der Waals surface area contributed by atoms with Crippen molar-refractivity contribution < 1.29 is 23.0 Å². The average molecular weight is 404 g/mol. The van der Waals surface area contributed by atoms with Gasteiger partial charge >= 0.3 is 6.18 Å². The Morgan fingerprint density at radius 1 is 1.17 bits per heavy atom. The maximum Gasteiger partial charge on any atom is 0.416 e. The first-order chi connectivity index (χ1) is 13.7. The summed E-state index contributed by atoms with van der Waals surface area (Å²) in [7, 11) is 1.43. The number of anilines is 2. The number of phenols is 1. The van der Waals surface area contributed by atoms with Gasteiger partial charge in [-0.15, -0.1) is 0 Å². The molecule has 0 atom stereocenters. The summed E-state index contributed by atoms with van der Waals surface area (Å²) < 4.78 is 44.3. The van der Waals surface area contributed by atoms with Crippen LogP contribution in [0.25, 0.3) is 10.9 Å². The van der Waals surface area contributed by atoms with Crippen molar-refractivity contribution in [2.45, 2.75) is 31.5 Å². The zero-order chi connectivity index (χ0) is 20.8. The van der Waals surface area contributed by atoms with Gasteiger partial charge in [-0.1, -0.05) is 0 Å². The van der Waals surface area contributed by atoms with Crippen molar-refractivity contribution in [2.75, 3.05) is 18.2 Å². The van der Waals surface area contributed by atoms with E-state index in [-0.39, 0.29) is 29.6 Å². The van der Waals surface area contributed by atoms with E-state index in [0.29, 0.717) is 28.1 Å². The highest BCUT2D eigenvalue weighted by Gasteiger charge is 2.31. The van der Waals surface area contributed by atoms with Crippen molar-refractivity contribution in [1.29, 1.82) is 0 Å². The first-order valence-corrected chi connectivity index (χ1v) is 9.04. The molecule has 3 aromatic rings. The van der Waals surface area contributed by atoms with E-state index in [4.69, 9.17) is 10.5 Å². The fourth-order valence-electron chi connectivity index (χ4n) is 3.15. The summed E-state index contributed by atoms with van der Waals surface area (Å²) in [6.07, 6.45) is -2.51. The molecule has 9 heteroatoms. The second-order valence-electron chi connectivity index (χ2n) is 7.06. The smallest absolute Gasteiger partial charge is 0.416 e. The Hall–Kier alpha value is -3.23. The van der Waals surface area contributed by atoms with Gasteiger partial charge in [0.1, 0.15) is 11.6 Å². The lowest BCUT2D eigenvalue weighted by Crippen LogP contribution is -2.09. The predicted molar refractivity (Wildman–Crippen MR) is 103 cm³/mol. The molecule has 1 heterocycles. The number of alkyl halides is 3. The second-order valence-corrected chi connectivity index (χ2v) is 7.06. The third kappa shape index (κ3) is 3.98. The number of aromatic nitrogens is 2. The minimum Gasteiger partial charge on any atom is -0.504 e. The van der Waals surface area contributed by atoms with Gasteiger partial charge in [0.2, 0.25) is 0 Å². The summed E-state index contributed by atoms with van der Waals surface area (Å²) in [5.41, 5.74) is 5.79. The summed E-state index contributed by atoms with van der Waals surface area (Å²) in [5.74, 6) is 1.58. The van der Waals surface area contributed by atoms with Crippen LogP contribution in [0.5, 0.6) is 11.5 Å². The highest BCUT2D eigenvalue weighted by molar-refractivity contribution is 5.91. The van der Waals surface area contributed by atoms with Crippen LogP contribution in [0, 0.1) is 0 Å². The molecule has 2 aromatic carbocycles. The van der Waals surface area contributed by atoms with E-state index in [1.54, 1.807) is 6.07 Å². The SMILES string of the molecule is COc1cc2c(NCc3cc(N)cc(C(F)(F)F)c3)nc(C3CC3)nc2cc1O. The van der Waals surface area contributed by atoms with E-state index in [0.717, 1.165) is 25.0 Å². The molecule has 1 aliphatic carbocycles. The number of ether oxygens (including phenoxy) is 1. The first kappa shape index (κ1) is 19.1. The van der Waals surface area contributed by atoms with Gasteiger partial charge in [0.05, 0.1) is 18.2 Å². The number of phenolic OH excluding ortho intramolecular Hbond substituents is 1. The van der Waals surface area contributed by atoms with Crippen LogP contribution < -0.4 is 15.8 Å². The fourth-order valence-corrected chi connectivity index (χ4v) is 3.15. The quantitative estimate of drug-likeness (QED) is 0.545. The van der Waals surface area contributed by atoms with E-state index in [9.17, 15) is 18.3 Å². The standard InChI is InChI=1S/C20H19F3N4O2/c1-29-17-7-14-15(8-16(17)28)26-18(11-2-3-11)27-19(14)25-9-10-4-12(20(21,22)23)6-13(24)5-10/h4-8,11,28H,2-3,9,24H2,1H3,(H,25,26,27). The number of methoxy groups -OCH3 is 1. The van der Waals surface area contributed by atoms with Crippen molar-refractivity contribution in [3.63, 3.8) is 0 Å². The summed E-state index contributed by atoms with van der Waals surface area (Å²) in [4.78, 5) is 9.08. The fraction of sp³-hybridized carbons (Fsp3) is 0.300. The van der Waals surface area contributed by atoms with Crippen LogP contribution in [-0.4, -0.2) is 22.2 Å². The zero-order valence-corrected chi connectivity index (χ0v) is 15.5. The molecule has 0 unspecified atom stereocenters. The molecule has 1 saturated carbocycles.